The first kappa shape index (κ1) is 77.1. The van der Waals surface area contributed by atoms with Gasteiger partial charge in [0.05, 0.1) is 0 Å². The van der Waals surface area contributed by atoms with Crippen molar-refractivity contribution in [3.05, 3.63) is 60.8 Å². The predicted molar refractivity (Wildman–Crippen MR) is 348 cm³/mol. The molecular weight excluding hydrogens is 985 g/mol. The van der Waals surface area contributed by atoms with Crippen LogP contribution >= 0.6 is 0 Å². The lowest BCUT2D eigenvalue weighted by molar-refractivity contribution is -0.167. The topological polar surface area (TPSA) is 78.9 Å². The average Bonchev–Trinajstić information content (AvgIpc) is 3.46. The van der Waals surface area contributed by atoms with Crippen molar-refractivity contribution >= 4 is 17.9 Å². The first-order valence-electron chi connectivity index (χ1n) is 35.3. The number of hydrogen-bond acceptors (Lipinski definition) is 6. The van der Waals surface area contributed by atoms with E-state index in [0.717, 1.165) is 70.6 Å². The summed E-state index contributed by atoms with van der Waals surface area (Å²) in [4.78, 5) is 38.5. The number of esters is 3. The number of hydrogen-bond donors (Lipinski definition) is 0. The van der Waals surface area contributed by atoms with Crippen molar-refractivity contribution in [2.45, 2.75) is 380 Å². The molecule has 0 bridgehead atoms. The third-order valence-corrected chi connectivity index (χ3v) is 15.7. The van der Waals surface area contributed by atoms with Gasteiger partial charge in [0.15, 0.2) is 6.10 Å². The molecule has 0 aliphatic heterocycles. The molecule has 0 aromatic rings. The molecule has 0 aromatic heterocycles. The van der Waals surface area contributed by atoms with E-state index in [9.17, 15) is 14.4 Å². The molecule has 0 radical (unpaired) electrons. The van der Waals surface area contributed by atoms with Crippen molar-refractivity contribution in [3.63, 3.8) is 0 Å². The van der Waals surface area contributed by atoms with Crippen molar-refractivity contribution in [2.24, 2.45) is 0 Å². The third kappa shape index (κ3) is 65.9. The Bertz CT molecular complexity index is 1430. The second kappa shape index (κ2) is 68.6. The second-order valence-electron chi connectivity index (χ2n) is 23.8. The minimum atomic E-state index is -0.780. The molecule has 0 N–H and O–H groups in total. The van der Waals surface area contributed by atoms with E-state index in [2.05, 4.69) is 81.5 Å². The Morgan fingerprint density at radius 2 is 0.450 bits per heavy atom. The molecule has 0 amide bonds. The molecule has 0 aromatic carbocycles. The number of rotatable bonds is 65. The SMILES string of the molecule is CCCCC/C=C\C/C=C\CCCCCCCCCCCC(=O)OC(COC(=O)CCCCCCCCC/C=C\CCCCCCCCC)COC(=O)CCCCCCCCCCCCCCC/C=C\C/C=C\CCCCCCC. The number of allylic oxidation sites excluding steroid dienone is 10. The Labute approximate surface area is 498 Å². The number of unbranched alkanes of at least 4 members (excludes halogenated alkanes) is 44. The van der Waals surface area contributed by atoms with Crippen LogP contribution in [0.4, 0.5) is 0 Å². The average molecular weight is 1120 g/mol. The van der Waals surface area contributed by atoms with Crippen molar-refractivity contribution in [1.29, 1.82) is 0 Å². The Morgan fingerprint density at radius 1 is 0.250 bits per heavy atom. The van der Waals surface area contributed by atoms with Crippen molar-refractivity contribution in [1.82, 2.24) is 0 Å². The van der Waals surface area contributed by atoms with Crippen molar-refractivity contribution < 1.29 is 28.6 Å². The van der Waals surface area contributed by atoms with Crippen LogP contribution in [0, 0.1) is 0 Å². The van der Waals surface area contributed by atoms with Crippen molar-refractivity contribution in [3.8, 4) is 0 Å². The van der Waals surface area contributed by atoms with Gasteiger partial charge in [-0.3, -0.25) is 14.4 Å². The van der Waals surface area contributed by atoms with E-state index >= 15 is 0 Å². The zero-order valence-electron chi connectivity index (χ0n) is 53.6. The summed E-state index contributed by atoms with van der Waals surface area (Å²) in [6.07, 6.45) is 88.1. The Hall–Kier alpha value is -2.89. The molecule has 0 aliphatic carbocycles. The fourth-order valence-electron chi connectivity index (χ4n) is 10.4. The molecule has 0 spiro atoms. The molecule has 1 unspecified atom stereocenters. The monoisotopic (exact) mass is 1120 g/mol. The van der Waals surface area contributed by atoms with Gasteiger partial charge in [0.25, 0.3) is 0 Å². The lowest BCUT2D eigenvalue weighted by Gasteiger charge is -2.18. The third-order valence-electron chi connectivity index (χ3n) is 15.7. The van der Waals surface area contributed by atoms with E-state index in [-0.39, 0.29) is 31.1 Å². The van der Waals surface area contributed by atoms with E-state index in [1.165, 1.54) is 263 Å². The minimum Gasteiger partial charge on any atom is -0.462 e. The van der Waals surface area contributed by atoms with Gasteiger partial charge in [-0.25, -0.2) is 0 Å². The molecule has 0 heterocycles. The van der Waals surface area contributed by atoms with Crippen LogP contribution in [0.15, 0.2) is 60.8 Å². The molecule has 0 rings (SSSR count). The highest BCUT2D eigenvalue weighted by Crippen LogP contribution is 2.17. The summed E-state index contributed by atoms with van der Waals surface area (Å²) in [5.41, 5.74) is 0. The van der Waals surface area contributed by atoms with Gasteiger partial charge in [-0.15, -0.1) is 0 Å². The van der Waals surface area contributed by atoms with Crippen LogP contribution < -0.4 is 0 Å². The fraction of sp³-hybridized carbons (Fsp3) is 0.824. The quantitative estimate of drug-likeness (QED) is 0.0261. The highest BCUT2D eigenvalue weighted by Gasteiger charge is 2.19. The van der Waals surface area contributed by atoms with Crippen LogP contribution in [0.2, 0.25) is 0 Å². The van der Waals surface area contributed by atoms with Gasteiger partial charge in [-0.05, 0) is 109 Å². The lowest BCUT2D eigenvalue weighted by atomic mass is 10.0. The number of ether oxygens (including phenoxy) is 3. The molecular formula is C74H134O6. The van der Waals surface area contributed by atoms with E-state index < -0.39 is 6.10 Å². The van der Waals surface area contributed by atoms with Gasteiger partial charge < -0.3 is 14.2 Å². The zero-order chi connectivity index (χ0) is 57.8. The summed E-state index contributed by atoms with van der Waals surface area (Å²) in [6.45, 7) is 6.66. The normalized spacial score (nSPS) is 12.4. The van der Waals surface area contributed by atoms with E-state index in [0.29, 0.717) is 19.3 Å². The Kier molecular flexibility index (Phi) is 66.1. The largest absolute Gasteiger partial charge is 0.462 e. The minimum absolute atomic E-state index is 0.0749. The molecule has 0 aliphatic rings. The highest BCUT2D eigenvalue weighted by atomic mass is 16.6. The van der Waals surface area contributed by atoms with Gasteiger partial charge in [0.1, 0.15) is 13.2 Å². The molecule has 0 saturated heterocycles. The van der Waals surface area contributed by atoms with E-state index in [1.54, 1.807) is 0 Å². The van der Waals surface area contributed by atoms with Gasteiger partial charge in [0, 0.05) is 19.3 Å². The number of carbonyl (C=O) groups excluding carboxylic acids is 3. The van der Waals surface area contributed by atoms with Gasteiger partial charge in [-0.2, -0.15) is 0 Å². The molecule has 1 atom stereocenters. The zero-order valence-corrected chi connectivity index (χ0v) is 53.6. The predicted octanol–water partition coefficient (Wildman–Crippen LogP) is 24.3. The van der Waals surface area contributed by atoms with Crippen LogP contribution in [0.5, 0.6) is 0 Å². The van der Waals surface area contributed by atoms with Crippen molar-refractivity contribution in [2.75, 3.05) is 13.2 Å². The maximum Gasteiger partial charge on any atom is 0.306 e. The highest BCUT2D eigenvalue weighted by molar-refractivity contribution is 5.71. The van der Waals surface area contributed by atoms with Crippen LogP contribution in [-0.4, -0.2) is 37.2 Å². The van der Waals surface area contributed by atoms with Gasteiger partial charge in [-0.1, -0.05) is 306 Å². The molecule has 0 saturated carbocycles. The maximum absolute atomic E-state index is 13.0. The summed E-state index contributed by atoms with van der Waals surface area (Å²) in [6, 6.07) is 0. The summed E-state index contributed by atoms with van der Waals surface area (Å²) in [5, 5.41) is 0. The first-order valence-corrected chi connectivity index (χ1v) is 35.3. The summed E-state index contributed by atoms with van der Waals surface area (Å²) < 4.78 is 17.0. The first-order chi connectivity index (χ1) is 39.5. The smallest absolute Gasteiger partial charge is 0.306 e. The molecule has 80 heavy (non-hydrogen) atoms. The van der Waals surface area contributed by atoms with Gasteiger partial charge >= 0.3 is 17.9 Å². The van der Waals surface area contributed by atoms with E-state index in [4.69, 9.17) is 14.2 Å². The molecule has 466 valence electrons. The van der Waals surface area contributed by atoms with Crippen LogP contribution in [0.1, 0.15) is 374 Å². The van der Waals surface area contributed by atoms with Crippen LogP contribution in [0.25, 0.3) is 0 Å². The molecule has 0 fully saturated rings. The lowest BCUT2D eigenvalue weighted by Crippen LogP contribution is -2.30. The molecule has 6 heteroatoms. The van der Waals surface area contributed by atoms with E-state index in [1.807, 2.05) is 0 Å². The maximum atomic E-state index is 13.0. The number of carbonyl (C=O) groups is 3. The fourth-order valence-corrected chi connectivity index (χ4v) is 10.4. The van der Waals surface area contributed by atoms with Crippen LogP contribution in [0.3, 0.4) is 0 Å². The summed E-state index contributed by atoms with van der Waals surface area (Å²) in [7, 11) is 0. The Balaban J connectivity index is 4.32. The summed E-state index contributed by atoms with van der Waals surface area (Å²) in [5.74, 6) is -0.861. The standard InChI is InChI=1S/C74H134O6/c1-4-7-10-13-16-19-22-25-28-31-34-35-36-37-38-39-41-43-46-49-52-55-58-61-64-67-73(76)79-70-71(69-78-72(75)66-63-60-57-54-51-48-45-42-33-30-27-24-21-18-15-12-9-6-3)80-74(77)68-65-62-59-56-53-50-47-44-40-32-29-26-23-20-17-14-11-8-5-2/h17,20,22,25-26,29-31,33-34,71H,4-16,18-19,21,23-24,27-28,32,35-70H2,1-3H3/b20-17-,25-22-,29-26-,33-30-,34-31-. The second-order valence-corrected chi connectivity index (χ2v) is 23.8. The molecule has 6 nitrogen and oxygen atoms in total. The summed E-state index contributed by atoms with van der Waals surface area (Å²) >= 11 is 0. The van der Waals surface area contributed by atoms with Crippen LogP contribution in [-0.2, 0) is 28.6 Å². The van der Waals surface area contributed by atoms with Gasteiger partial charge in [0.2, 0.25) is 0 Å². The Morgan fingerprint density at radius 3 is 0.725 bits per heavy atom.